The molecule has 0 saturated carbocycles. The Labute approximate surface area is 201 Å². The average Bonchev–Trinajstić information content (AvgIpc) is 2.81. The fraction of sp³-hybridized carbons (Fsp3) is 0.0833. The number of amides is 1. The van der Waals surface area contributed by atoms with Gasteiger partial charge in [-0.15, -0.1) is 0 Å². The number of hydrogen-bond donors (Lipinski definition) is 1. The fourth-order valence-electron chi connectivity index (χ4n) is 3.23. The van der Waals surface area contributed by atoms with E-state index in [-0.39, 0.29) is 16.2 Å². The van der Waals surface area contributed by atoms with Gasteiger partial charge in [0.25, 0.3) is 5.56 Å². The van der Waals surface area contributed by atoms with Crippen LogP contribution in [0.2, 0.25) is 5.02 Å². The molecule has 1 N–H and O–H groups in total. The summed E-state index contributed by atoms with van der Waals surface area (Å²) in [6, 6.07) is 15.8. The molecule has 10 heteroatoms. The van der Waals surface area contributed by atoms with Crippen molar-refractivity contribution in [3.63, 3.8) is 0 Å². The summed E-state index contributed by atoms with van der Waals surface area (Å²) in [7, 11) is 0. The lowest BCUT2D eigenvalue weighted by Gasteiger charge is -2.17. The predicted octanol–water partition coefficient (Wildman–Crippen LogP) is 5.31. The van der Waals surface area contributed by atoms with E-state index in [2.05, 4.69) is 10.3 Å². The number of carbonyl (C=O) groups is 1. The van der Waals surface area contributed by atoms with Crippen LogP contribution in [0.3, 0.4) is 0 Å². The first-order valence-corrected chi connectivity index (χ1v) is 11.2. The molecule has 0 aliphatic rings. The minimum atomic E-state index is -0.966. The number of nitrogens with one attached hydrogen (secondary N) is 1. The van der Waals surface area contributed by atoms with Gasteiger partial charge >= 0.3 is 0 Å². The normalized spacial score (nSPS) is 11.7. The van der Waals surface area contributed by atoms with Crippen LogP contribution in [-0.2, 0) is 4.79 Å². The third kappa shape index (κ3) is 4.64. The molecule has 1 amide bonds. The number of benzene rings is 3. The molecule has 34 heavy (non-hydrogen) atoms. The molecule has 6 nitrogen and oxygen atoms in total. The van der Waals surface area contributed by atoms with E-state index in [4.69, 9.17) is 11.6 Å². The van der Waals surface area contributed by atoms with E-state index in [1.54, 1.807) is 43.3 Å². The monoisotopic (exact) mass is 496 g/mol. The van der Waals surface area contributed by atoms with Crippen LogP contribution < -0.4 is 10.9 Å². The van der Waals surface area contributed by atoms with Crippen molar-refractivity contribution in [2.75, 3.05) is 5.32 Å². The molecule has 1 heterocycles. The summed E-state index contributed by atoms with van der Waals surface area (Å²) >= 11 is 6.94. The van der Waals surface area contributed by atoms with Crippen LogP contribution in [0.5, 0.6) is 0 Å². The highest BCUT2D eigenvalue weighted by Crippen LogP contribution is 2.28. The Hall–Kier alpha value is -3.74. The Morgan fingerprint density at radius 3 is 2.68 bits per heavy atom. The summed E-state index contributed by atoms with van der Waals surface area (Å²) in [5.74, 6) is -2.22. The Kier molecular flexibility index (Phi) is 6.63. The lowest BCUT2D eigenvalue weighted by atomic mass is 10.2. The number of nitrogens with zero attached hydrogens (tertiary/aromatic N) is 3. The highest BCUT2D eigenvalue weighted by Gasteiger charge is 2.22. The first-order chi connectivity index (χ1) is 16.3. The second kappa shape index (κ2) is 9.63. The van der Waals surface area contributed by atoms with Crippen LogP contribution in [0.1, 0.15) is 12.5 Å². The zero-order valence-corrected chi connectivity index (χ0v) is 19.1. The molecular formula is C24H15ClF2N4O2S. The lowest BCUT2D eigenvalue weighted by Crippen LogP contribution is -2.27. The highest BCUT2D eigenvalue weighted by molar-refractivity contribution is 8.00. The molecule has 4 rings (SSSR count). The van der Waals surface area contributed by atoms with Gasteiger partial charge in [0, 0.05) is 11.1 Å². The van der Waals surface area contributed by atoms with E-state index in [1.165, 1.54) is 6.07 Å². The van der Waals surface area contributed by atoms with E-state index in [9.17, 15) is 23.6 Å². The summed E-state index contributed by atoms with van der Waals surface area (Å²) in [5.41, 5.74) is 0.0938. The van der Waals surface area contributed by atoms with Crippen LogP contribution >= 0.6 is 23.4 Å². The first kappa shape index (κ1) is 23.4. The van der Waals surface area contributed by atoms with Crippen LogP contribution in [0.25, 0.3) is 16.6 Å². The van der Waals surface area contributed by atoms with E-state index in [1.807, 2.05) is 6.07 Å². The van der Waals surface area contributed by atoms with Crippen molar-refractivity contribution in [1.82, 2.24) is 9.55 Å². The minimum Gasteiger partial charge on any atom is -0.324 e. The van der Waals surface area contributed by atoms with E-state index >= 15 is 0 Å². The van der Waals surface area contributed by atoms with Crippen LogP contribution in [0.15, 0.2) is 70.6 Å². The number of halogens is 3. The summed E-state index contributed by atoms with van der Waals surface area (Å²) in [6.45, 7) is 1.58. The quantitative estimate of drug-likeness (QED) is 0.299. The third-order valence-electron chi connectivity index (χ3n) is 4.91. The Bertz CT molecular complexity index is 1530. The summed E-state index contributed by atoms with van der Waals surface area (Å²) < 4.78 is 29.2. The maximum absolute atomic E-state index is 14.7. The molecule has 4 aromatic rings. The molecule has 0 spiro atoms. The van der Waals surface area contributed by atoms with Gasteiger partial charge in [0.1, 0.15) is 17.7 Å². The predicted molar refractivity (Wildman–Crippen MR) is 127 cm³/mol. The van der Waals surface area contributed by atoms with E-state index in [0.717, 1.165) is 28.5 Å². The molecule has 0 fully saturated rings. The SMILES string of the molecule is CC(Sc1nc2ccc(Cl)cc2c(=O)n1-c1ccc(F)cc1F)C(=O)Nc1ccccc1C#N. The van der Waals surface area contributed by atoms with Gasteiger partial charge in [-0.05, 0) is 49.4 Å². The molecule has 0 aliphatic carbocycles. The third-order valence-corrected chi connectivity index (χ3v) is 6.19. The average molecular weight is 497 g/mol. The zero-order chi connectivity index (χ0) is 24.4. The number of fused-ring (bicyclic) bond motifs is 1. The van der Waals surface area contributed by atoms with Gasteiger partial charge in [-0.1, -0.05) is 35.5 Å². The second-order valence-corrected chi connectivity index (χ2v) is 8.94. The minimum absolute atomic E-state index is 0.0292. The van der Waals surface area contributed by atoms with Crippen molar-refractivity contribution in [1.29, 1.82) is 5.26 Å². The maximum atomic E-state index is 14.7. The van der Waals surface area contributed by atoms with Gasteiger partial charge < -0.3 is 5.32 Å². The fourth-order valence-corrected chi connectivity index (χ4v) is 4.32. The summed E-state index contributed by atoms with van der Waals surface area (Å²) in [4.78, 5) is 30.6. The summed E-state index contributed by atoms with van der Waals surface area (Å²) in [5, 5.41) is 11.6. The Balaban J connectivity index is 1.78. The number of hydrogen-bond acceptors (Lipinski definition) is 5. The standard InChI is InChI=1S/C24H15ClF2N4O2S/c1-13(22(32)29-19-5-3-2-4-14(19)12-28)34-24-30-20-8-6-15(25)10-17(20)23(33)31(24)21-9-7-16(26)11-18(21)27/h2-11,13H,1H3,(H,29,32). The Morgan fingerprint density at radius 2 is 1.94 bits per heavy atom. The number of thioether (sulfide) groups is 1. The van der Waals surface area contributed by atoms with Crippen molar-refractivity contribution >= 4 is 45.9 Å². The molecule has 0 saturated heterocycles. The molecule has 0 bridgehead atoms. The van der Waals surface area contributed by atoms with Crippen LogP contribution in [0.4, 0.5) is 14.5 Å². The number of aromatic nitrogens is 2. The molecule has 0 aliphatic heterocycles. The molecule has 1 unspecified atom stereocenters. The number of para-hydroxylation sites is 1. The van der Waals surface area contributed by atoms with Gasteiger partial charge in [0.05, 0.1) is 33.1 Å². The van der Waals surface area contributed by atoms with Gasteiger partial charge in [0.2, 0.25) is 5.91 Å². The van der Waals surface area contributed by atoms with E-state index in [0.29, 0.717) is 27.9 Å². The van der Waals surface area contributed by atoms with Gasteiger partial charge in [0.15, 0.2) is 5.16 Å². The van der Waals surface area contributed by atoms with Crippen LogP contribution in [0, 0.1) is 23.0 Å². The van der Waals surface area contributed by atoms with E-state index < -0.39 is 28.4 Å². The lowest BCUT2D eigenvalue weighted by molar-refractivity contribution is -0.115. The molecule has 1 atom stereocenters. The Morgan fingerprint density at radius 1 is 1.18 bits per heavy atom. The van der Waals surface area contributed by atoms with Gasteiger partial charge in [-0.25, -0.2) is 13.8 Å². The van der Waals surface area contributed by atoms with Crippen molar-refractivity contribution in [3.8, 4) is 11.8 Å². The molecule has 3 aromatic carbocycles. The van der Waals surface area contributed by atoms with Gasteiger partial charge in [-0.3, -0.25) is 14.2 Å². The number of carbonyl (C=O) groups excluding carboxylic acids is 1. The van der Waals surface area contributed by atoms with Crippen molar-refractivity contribution in [3.05, 3.63) is 93.2 Å². The molecular weight excluding hydrogens is 482 g/mol. The number of anilines is 1. The van der Waals surface area contributed by atoms with Crippen LogP contribution in [-0.4, -0.2) is 20.7 Å². The molecule has 1 aromatic heterocycles. The first-order valence-electron chi connectivity index (χ1n) is 9.93. The smallest absolute Gasteiger partial charge is 0.266 e. The largest absolute Gasteiger partial charge is 0.324 e. The second-order valence-electron chi connectivity index (χ2n) is 7.20. The molecule has 0 radical (unpaired) electrons. The summed E-state index contributed by atoms with van der Waals surface area (Å²) in [6.07, 6.45) is 0. The zero-order valence-electron chi connectivity index (χ0n) is 17.6. The van der Waals surface area contributed by atoms with Gasteiger partial charge in [-0.2, -0.15) is 5.26 Å². The maximum Gasteiger partial charge on any atom is 0.266 e. The van der Waals surface area contributed by atoms with Crippen molar-refractivity contribution < 1.29 is 13.6 Å². The highest BCUT2D eigenvalue weighted by atomic mass is 35.5. The van der Waals surface area contributed by atoms with Crippen molar-refractivity contribution in [2.45, 2.75) is 17.3 Å². The molecule has 170 valence electrons. The topological polar surface area (TPSA) is 87.8 Å². The number of nitriles is 1. The van der Waals surface area contributed by atoms with Crippen molar-refractivity contribution in [2.24, 2.45) is 0 Å². The number of rotatable bonds is 5.